The Bertz CT molecular complexity index is 459. The molecule has 0 aliphatic carbocycles. The normalized spacial score (nSPS) is 11.1. The summed E-state index contributed by atoms with van der Waals surface area (Å²) < 4.78 is 1.90. The van der Waals surface area contributed by atoms with Crippen LogP contribution in [0.5, 0.6) is 0 Å². The molecule has 1 rings (SSSR count). The molecule has 0 radical (unpaired) electrons. The standard InChI is InChI=1S/C15H28N6O.HI/c1-13(2)11-17-15(18-12-14(22)20(3)4)16-7-5-9-21-10-6-8-19-21;/h6,8,10,13H,5,7,9,11-12H2,1-4H3,(H2,16,17,18);1H. The minimum Gasteiger partial charge on any atom is -0.356 e. The molecule has 0 bridgehead atoms. The van der Waals surface area contributed by atoms with Gasteiger partial charge in [0.15, 0.2) is 5.96 Å². The van der Waals surface area contributed by atoms with Gasteiger partial charge in [-0.2, -0.15) is 5.10 Å². The van der Waals surface area contributed by atoms with Gasteiger partial charge in [-0.15, -0.1) is 24.0 Å². The molecule has 1 aromatic heterocycles. The van der Waals surface area contributed by atoms with Crippen molar-refractivity contribution in [1.82, 2.24) is 25.3 Å². The van der Waals surface area contributed by atoms with E-state index in [1.165, 1.54) is 0 Å². The van der Waals surface area contributed by atoms with Gasteiger partial charge in [0.25, 0.3) is 0 Å². The van der Waals surface area contributed by atoms with Crippen LogP contribution >= 0.6 is 24.0 Å². The summed E-state index contributed by atoms with van der Waals surface area (Å²) in [5.74, 6) is 1.19. The van der Waals surface area contributed by atoms with E-state index < -0.39 is 0 Å². The number of hydrogen-bond acceptors (Lipinski definition) is 3. The molecule has 0 saturated heterocycles. The molecule has 1 heterocycles. The molecule has 0 aliphatic heterocycles. The summed E-state index contributed by atoms with van der Waals surface area (Å²) in [4.78, 5) is 17.5. The second-order valence-corrected chi connectivity index (χ2v) is 5.78. The van der Waals surface area contributed by atoms with Crippen molar-refractivity contribution in [2.45, 2.75) is 26.8 Å². The number of carbonyl (C=O) groups excluding carboxylic acids is 1. The van der Waals surface area contributed by atoms with Crippen molar-refractivity contribution in [3.63, 3.8) is 0 Å². The van der Waals surface area contributed by atoms with Crippen LogP contribution in [-0.2, 0) is 11.3 Å². The minimum absolute atomic E-state index is 0. The highest BCUT2D eigenvalue weighted by Gasteiger charge is 2.05. The van der Waals surface area contributed by atoms with Gasteiger partial charge >= 0.3 is 0 Å². The third-order valence-electron chi connectivity index (χ3n) is 2.96. The number of rotatable bonds is 8. The second-order valence-electron chi connectivity index (χ2n) is 5.78. The monoisotopic (exact) mass is 436 g/mol. The summed E-state index contributed by atoms with van der Waals surface area (Å²) in [6.45, 7) is 6.87. The Hall–Kier alpha value is -1.32. The zero-order valence-corrected chi connectivity index (χ0v) is 16.8. The third kappa shape index (κ3) is 10.1. The first-order valence-corrected chi connectivity index (χ1v) is 7.68. The molecular formula is C15H29IN6O. The highest BCUT2D eigenvalue weighted by molar-refractivity contribution is 14.0. The first-order chi connectivity index (χ1) is 10.5. The zero-order chi connectivity index (χ0) is 16.4. The smallest absolute Gasteiger partial charge is 0.243 e. The van der Waals surface area contributed by atoms with E-state index in [2.05, 4.69) is 34.6 Å². The first kappa shape index (κ1) is 21.7. The van der Waals surface area contributed by atoms with Crippen LogP contribution in [0.15, 0.2) is 23.5 Å². The maximum absolute atomic E-state index is 11.6. The Kier molecular flexibility index (Phi) is 11.4. The van der Waals surface area contributed by atoms with Crippen LogP contribution in [0.4, 0.5) is 0 Å². The molecule has 23 heavy (non-hydrogen) atoms. The molecule has 1 amide bonds. The maximum atomic E-state index is 11.6. The topological polar surface area (TPSA) is 74.6 Å². The van der Waals surface area contributed by atoms with Crippen molar-refractivity contribution >= 4 is 35.8 Å². The number of likely N-dealkylation sites (N-methyl/N-ethyl adjacent to an activating group) is 1. The van der Waals surface area contributed by atoms with E-state index in [1.807, 2.05) is 16.9 Å². The number of halogens is 1. The fraction of sp³-hybridized carbons (Fsp3) is 0.667. The Morgan fingerprint density at radius 1 is 1.35 bits per heavy atom. The largest absolute Gasteiger partial charge is 0.356 e. The second kappa shape index (κ2) is 12.1. The van der Waals surface area contributed by atoms with Crippen LogP contribution in [0.25, 0.3) is 0 Å². The van der Waals surface area contributed by atoms with Gasteiger partial charge in [-0.3, -0.25) is 9.48 Å². The van der Waals surface area contributed by atoms with Crippen molar-refractivity contribution in [3.05, 3.63) is 18.5 Å². The highest BCUT2D eigenvalue weighted by atomic mass is 127. The summed E-state index contributed by atoms with van der Waals surface area (Å²) in [7, 11) is 3.47. The number of carbonyl (C=O) groups is 1. The molecule has 0 aromatic carbocycles. The van der Waals surface area contributed by atoms with Gasteiger partial charge in [0.2, 0.25) is 5.91 Å². The zero-order valence-electron chi connectivity index (χ0n) is 14.5. The third-order valence-corrected chi connectivity index (χ3v) is 2.96. The van der Waals surface area contributed by atoms with Gasteiger partial charge < -0.3 is 15.5 Å². The van der Waals surface area contributed by atoms with Gasteiger partial charge in [0.05, 0.1) is 0 Å². The van der Waals surface area contributed by atoms with Crippen molar-refractivity contribution < 1.29 is 4.79 Å². The van der Waals surface area contributed by atoms with E-state index in [-0.39, 0.29) is 36.4 Å². The molecular weight excluding hydrogens is 407 g/mol. The van der Waals surface area contributed by atoms with Crippen molar-refractivity contribution in [2.75, 3.05) is 33.7 Å². The number of guanidine groups is 1. The number of aryl methyl sites for hydroxylation is 1. The molecule has 0 fully saturated rings. The molecule has 8 heteroatoms. The van der Waals surface area contributed by atoms with Crippen molar-refractivity contribution in [1.29, 1.82) is 0 Å². The number of amides is 1. The molecule has 1 aromatic rings. The molecule has 7 nitrogen and oxygen atoms in total. The summed E-state index contributed by atoms with van der Waals surface area (Å²) >= 11 is 0. The van der Waals surface area contributed by atoms with Gasteiger partial charge in [-0.05, 0) is 18.4 Å². The Morgan fingerprint density at radius 3 is 2.65 bits per heavy atom. The molecule has 0 spiro atoms. The lowest BCUT2D eigenvalue weighted by atomic mass is 10.2. The van der Waals surface area contributed by atoms with E-state index in [0.29, 0.717) is 11.9 Å². The highest BCUT2D eigenvalue weighted by Crippen LogP contribution is 1.90. The van der Waals surface area contributed by atoms with E-state index in [9.17, 15) is 4.79 Å². The molecule has 0 saturated carbocycles. The average Bonchev–Trinajstić information content (AvgIpc) is 2.97. The number of aliphatic imine (C=N–C) groups is 1. The van der Waals surface area contributed by atoms with Gasteiger partial charge in [0.1, 0.15) is 6.54 Å². The fourth-order valence-corrected chi connectivity index (χ4v) is 1.64. The lowest BCUT2D eigenvalue weighted by Gasteiger charge is -2.15. The van der Waals surface area contributed by atoms with E-state index >= 15 is 0 Å². The molecule has 2 N–H and O–H groups in total. The van der Waals surface area contributed by atoms with E-state index in [4.69, 9.17) is 0 Å². The molecule has 0 unspecified atom stereocenters. The van der Waals surface area contributed by atoms with Gasteiger partial charge in [-0.25, -0.2) is 4.99 Å². The summed E-state index contributed by atoms with van der Waals surface area (Å²) in [5, 5.41) is 10.7. The van der Waals surface area contributed by atoms with Crippen LogP contribution < -0.4 is 10.6 Å². The van der Waals surface area contributed by atoms with Gasteiger partial charge in [-0.1, -0.05) is 13.8 Å². The van der Waals surface area contributed by atoms with Gasteiger partial charge in [0, 0.05) is 46.1 Å². The SMILES string of the molecule is CC(C)CNC(=NCC(=O)N(C)C)NCCCn1cccn1.I. The van der Waals surface area contributed by atoms with Crippen LogP contribution in [0.1, 0.15) is 20.3 Å². The van der Waals surface area contributed by atoms with E-state index in [0.717, 1.165) is 26.1 Å². The summed E-state index contributed by atoms with van der Waals surface area (Å²) in [6.07, 6.45) is 4.66. The quantitative estimate of drug-likeness (QED) is 0.278. The number of nitrogens with zero attached hydrogens (tertiary/aromatic N) is 4. The van der Waals surface area contributed by atoms with Crippen molar-refractivity contribution in [3.8, 4) is 0 Å². The Labute approximate surface area is 155 Å². The molecule has 132 valence electrons. The van der Waals surface area contributed by atoms with Crippen molar-refractivity contribution in [2.24, 2.45) is 10.9 Å². The number of aromatic nitrogens is 2. The predicted molar refractivity (Wildman–Crippen MR) is 104 cm³/mol. The Morgan fingerprint density at radius 2 is 2.09 bits per heavy atom. The van der Waals surface area contributed by atoms with Crippen LogP contribution in [0.2, 0.25) is 0 Å². The average molecular weight is 436 g/mol. The maximum Gasteiger partial charge on any atom is 0.243 e. The van der Waals surface area contributed by atoms with Crippen LogP contribution in [0, 0.1) is 5.92 Å². The lowest BCUT2D eigenvalue weighted by molar-refractivity contribution is -0.127. The lowest BCUT2D eigenvalue weighted by Crippen LogP contribution is -2.40. The van der Waals surface area contributed by atoms with E-state index in [1.54, 1.807) is 25.2 Å². The molecule has 0 aliphatic rings. The number of hydrogen-bond donors (Lipinski definition) is 2. The fourth-order valence-electron chi connectivity index (χ4n) is 1.64. The van der Waals surface area contributed by atoms with Crippen LogP contribution in [0.3, 0.4) is 0 Å². The Balaban J connectivity index is 0.00000484. The molecule has 0 atom stereocenters. The predicted octanol–water partition coefficient (Wildman–Crippen LogP) is 1.17. The summed E-state index contributed by atoms with van der Waals surface area (Å²) in [6, 6.07) is 1.91. The summed E-state index contributed by atoms with van der Waals surface area (Å²) in [5.41, 5.74) is 0. The van der Waals surface area contributed by atoms with Crippen LogP contribution in [-0.4, -0.2) is 60.3 Å². The first-order valence-electron chi connectivity index (χ1n) is 7.68. The minimum atomic E-state index is -0.0119. The number of nitrogens with one attached hydrogen (secondary N) is 2.